The van der Waals surface area contributed by atoms with E-state index >= 15 is 0 Å². The maximum Gasteiger partial charge on any atom is 0.340 e. The molecule has 2 aromatic carbocycles. The summed E-state index contributed by atoms with van der Waals surface area (Å²) in [5.41, 5.74) is 6.30. The second kappa shape index (κ2) is 6.56. The molecule has 7 heteroatoms. The number of para-hydroxylation sites is 1. The summed E-state index contributed by atoms with van der Waals surface area (Å²) in [6.45, 7) is 0. The number of methoxy groups -OCH3 is 1. The minimum atomic E-state index is -0.544. The number of hydrogen-bond acceptors (Lipinski definition) is 4. The molecular weight excluding hydrogens is 381 g/mol. The second-order valence-electron chi connectivity index (χ2n) is 4.01. The van der Waals surface area contributed by atoms with Crippen molar-refractivity contribution in [2.24, 2.45) is 0 Å². The molecule has 2 N–H and O–H groups in total. The van der Waals surface area contributed by atoms with E-state index in [0.29, 0.717) is 20.3 Å². The lowest BCUT2D eigenvalue weighted by molar-refractivity contribution is 0.0601. The highest BCUT2D eigenvalue weighted by atomic mass is 79.9. The van der Waals surface area contributed by atoms with Crippen LogP contribution < -0.4 is 10.5 Å². The van der Waals surface area contributed by atoms with E-state index in [1.165, 1.54) is 7.11 Å². The highest BCUT2D eigenvalue weighted by Gasteiger charge is 2.15. The Bertz CT molecular complexity index is 707. The van der Waals surface area contributed by atoms with Crippen molar-refractivity contribution < 1.29 is 14.3 Å². The number of nitrogens with two attached hydrogens (primary N) is 1. The molecule has 0 amide bonds. The van der Waals surface area contributed by atoms with Crippen LogP contribution in [-0.2, 0) is 4.74 Å². The summed E-state index contributed by atoms with van der Waals surface area (Å²) in [5.74, 6) is 0.0784. The van der Waals surface area contributed by atoms with Crippen LogP contribution in [0.3, 0.4) is 0 Å². The maximum atomic E-state index is 11.6. The van der Waals surface area contributed by atoms with Crippen molar-refractivity contribution in [2.45, 2.75) is 0 Å². The van der Waals surface area contributed by atoms with E-state index in [2.05, 4.69) is 20.7 Å². The summed E-state index contributed by atoms with van der Waals surface area (Å²) in [6.07, 6.45) is 0. The number of benzene rings is 2. The van der Waals surface area contributed by atoms with E-state index in [4.69, 9.17) is 33.7 Å². The normalized spacial score (nSPS) is 10.3. The molecule has 0 bridgehead atoms. The Morgan fingerprint density at radius 1 is 1.19 bits per heavy atom. The zero-order valence-corrected chi connectivity index (χ0v) is 13.9. The highest BCUT2D eigenvalue weighted by Crippen LogP contribution is 2.38. The Morgan fingerprint density at radius 3 is 2.57 bits per heavy atom. The van der Waals surface area contributed by atoms with Crippen molar-refractivity contribution in [3.05, 3.63) is 50.4 Å². The van der Waals surface area contributed by atoms with E-state index < -0.39 is 5.97 Å². The second-order valence-corrected chi connectivity index (χ2v) is 5.68. The Morgan fingerprint density at radius 2 is 1.90 bits per heavy atom. The third kappa shape index (κ3) is 3.43. The molecule has 4 nitrogen and oxygen atoms in total. The molecule has 0 spiro atoms. The van der Waals surface area contributed by atoms with Gasteiger partial charge in [-0.3, -0.25) is 0 Å². The summed E-state index contributed by atoms with van der Waals surface area (Å²) in [7, 11) is 1.28. The molecular formula is C14H10BrCl2NO3. The molecule has 110 valence electrons. The third-order valence-electron chi connectivity index (χ3n) is 2.67. The van der Waals surface area contributed by atoms with Gasteiger partial charge in [-0.1, -0.05) is 29.3 Å². The van der Waals surface area contributed by atoms with E-state index in [1.807, 2.05) is 0 Å². The zero-order chi connectivity index (χ0) is 15.6. The number of esters is 1. The average Bonchev–Trinajstić information content (AvgIpc) is 2.46. The Labute approximate surface area is 139 Å². The van der Waals surface area contributed by atoms with E-state index in [0.717, 1.165) is 0 Å². The van der Waals surface area contributed by atoms with Crippen molar-refractivity contribution in [3.8, 4) is 11.5 Å². The minimum absolute atomic E-state index is 0.166. The van der Waals surface area contributed by atoms with E-state index in [-0.39, 0.29) is 17.0 Å². The highest BCUT2D eigenvalue weighted by molar-refractivity contribution is 9.10. The zero-order valence-electron chi connectivity index (χ0n) is 10.8. The number of hydrogen-bond donors (Lipinski definition) is 1. The molecule has 0 radical (unpaired) electrons. The SMILES string of the molecule is COC(=O)c1cccc(Oc2cc(Cl)c(Br)cc2Cl)c1N. The van der Waals surface area contributed by atoms with Gasteiger partial charge in [-0.25, -0.2) is 4.79 Å². The fraction of sp³-hybridized carbons (Fsp3) is 0.0714. The smallest absolute Gasteiger partial charge is 0.340 e. The van der Waals surface area contributed by atoms with Crippen LogP contribution in [0.25, 0.3) is 0 Å². The summed E-state index contributed by atoms with van der Waals surface area (Å²) in [5, 5.41) is 0.797. The van der Waals surface area contributed by atoms with Crippen LogP contribution in [0.5, 0.6) is 11.5 Å². The van der Waals surface area contributed by atoms with Gasteiger partial charge in [0, 0.05) is 10.5 Å². The van der Waals surface area contributed by atoms with Crippen LogP contribution >= 0.6 is 39.1 Å². The lowest BCUT2D eigenvalue weighted by Crippen LogP contribution is -2.06. The Balaban J connectivity index is 2.41. The average molecular weight is 391 g/mol. The largest absolute Gasteiger partial charge is 0.465 e. The van der Waals surface area contributed by atoms with Crippen molar-refractivity contribution in [1.82, 2.24) is 0 Å². The van der Waals surface area contributed by atoms with Crippen LogP contribution in [0, 0.1) is 0 Å². The van der Waals surface area contributed by atoms with Gasteiger partial charge in [0.15, 0.2) is 5.75 Å². The molecule has 21 heavy (non-hydrogen) atoms. The topological polar surface area (TPSA) is 61.5 Å². The van der Waals surface area contributed by atoms with Crippen LogP contribution in [0.1, 0.15) is 10.4 Å². The minimum Gasteiger partial charge on any atom is -0.465 e. The fourth-order valence-corrected chi connectivity index (χ4v) is 2.45. The fourth-order valence-electron chi connectivity index (χ4n) is 1.62. The van der Waals surface area contributed by atoms with Crippen molar-refractivity contribution in [2.75, 3.05) is 12.8 Å². The van der Waals surface area contributed by atoms with Crippen LogP contribution in [-0.4, -0.2) is 13.1 Å². The number of rotatable bonds is 3. The number of anilines is 1. The number of halogens is 3. The first-order chi connectivity index (χ1) is 9.93. The van der Waals surface area contributed by atoms with Crippen molar-refractivity contribution in [3.63, 3.8) is 0 Å². The van der Waals surface area contributed by atoms with Crippen LogP contribution in [0.15, 0.2) is 34.8 Å². The lowest BCUT2D eigenvalue weighted by atomic mass is 10.1. The molecule has 0 fully saturated rings. The number of nitrogen functional groups attached to an aromatic ring is 1. The van der Waals surface area contributed by atoms with Gasteiger partial charge in [0.25, 0.3) is 0 Å². The first kappa shape index (κ1) is 15.9. The number of carbonyl (C=O) groups excluding carboxylic acids is 1. The molecule has 0 aliphatic rings. The van der Waals surface area contributed by atoms with Gasteiger partial charge >= 0.3 is 5.97 Å². The van der Waals surface area contributed by atoms with Crippen molar-refractivity contribution in [1.29, 1.82) is 0 Å². The van der Waals surface area contributed by atoms with Crippen LogP contribution in [0.2, 0.25) is 10.0 Å². The molecule has 2 rings (SSSR count). The molecule has 0 aromatic heterocycles. The first-order valence-electron chi connectivity index (χ1n) is 5.73. The van der Waals surface area contributed by atoms with Gasteiger partial charge in [-0.2, -0.15) is 0 Å². The summed E-state index contributed by atoms with van der Waals surface area (Å²) >= 11 is 15.4. The van der Waals surface area contributed by atoms with Gasteiger partial charge in [-0.05, 0) is 34.1 Å². The van der Waals surface area contributed by atoms with E-state index in [9.17, 15) is 4.79 Å². The maximum absolute atomic E-state index is 11.6. The summed E-state index contributed by atoms with van der Waals surface area (Å²) < 4.78 is 10.9. The van der Waals surface area contributed by atoms with Gasteiger partial charge in [0.2, 0.25) is 0 Å². The summed E-state index contributed by atoms with van der Waals surface area (Å²) in [4.78, 5) is 11.6. The predicted molar refractivity (Wildman–Crippen MR) is 86.4 cm³/mol. The molecule has 0 aliphatic carbocycles. The van der Waals surface area contributed by atoms with Gasteiger partial charge in [-0.15, -0.1) is 0 Å². The molecule has 0 atom stereocenters. The number of carbonyl (C=O) groups is 1. The van der Waals surface area contributed by atoms with Crippen LogP contribution in [0.4, 0.5) is 5.69 Å². The van der Waals surface area contributed by atoms with Crippen molar-refractivity contribution >= 4 is 50.8 Å². The predicted octanol–water partition coefficient (Wildman–Crippen LogP) is 4.92. The molecule has 0 unspecified atom stereocenters. The third-order valence-corrected chi connectivity index (χ3v) is 4.16. The summed E-state index contributed by atoms with van der Waals surface area (Å²) in [6, 6.07) is 7.96. The number of ether oxygens (including phenoxy) is 2. The standard InChI is InChI=1S/C14H10BrCl2NO3/c1-20-14(19)7-3-2-4-11(13(7)18)21-12-6-9(16)8(15)5-10(12)17/h2-6H,18H2,1H3. The Hall–Kier alpha value is -1.43. The molecule has 0 saturated carbocycles. The van der Waals surface area contributed by atoms with Gasteiger partial charge in [0.1, 0.15) is 5.75 Å². The quantitative estimate of drug-likeness (QED) is 0.459. The van der Waals surface area contributed by atoms with Gasteiger partial charge in [0.05, 0.1) is 28.4 Å². The molecule has 0 heterocycles. The van der Waals surface area contributed by atoms with Gasteiger partial charge < -0.3 is 15.2 Å². The molecule has 0 saturated heterocycles. The Kier molecular flexibility index (Phi) is 4.98. The first-order valence-corrected chi connectivity index (χ1v) is 7.28. The molecule has 0 aliphatic heterocycles. The lowest BCUT2D eigenvalue weighted by Gasteiger charge is -2.12. The van der Waals surface area contributed by atoms with E-state index in [1.54, 1.807) is 30.3 Å². The monoisotopic (exact) mass is 389 g/mol. The molecule has 2 aromatic rings.